The van der Waals surface area contributed by atoms with Crippen LogP contribution in [-0.4, -0.2) is 15.0 Å². The second kappa shape index (κ2) is 16.5. The Morgan fingerprint density at radius 1 is 0.150 bits per heavy atom. The van der Waals surface area contributed by atoms with Gasteiger partial charge in [0.05, 0.1) is 0 Å². The number of aromatic nitrogens is 3. The zero-order valence-electron chi connectivity index (χ0n) is 32.9. The molecule has 3 aromatic heterocycles. The Balaban J connectivity index is 1.37. The molecule has 282 valence electrons. The van der Waals surface area contributed by atoms with Crippen LogP contribution in [0.4, 0.5) is 0 Å². The van der Waals surface area contributed by atoms with Gasteiger partial charge in [0, 0.05) is 37.2 Å². The van der Waals surface area contributed by atoms with Crippen molar-refractivity contribution in [2.45, 2.75) is 0 Å². The molecule has 0 amide bonds. The molecule has 0 spiro atoms. The maximum Gasteiger partial charge on any atom is 0.0273 e. The molecule has 0 radical (unpaired) electrons. The summed E-state index contributed by atoms with van der Waals surface area (Å²) >= 11 is 0. The predicted octanol–water partition coefficient (Wildman–Crippen LogP) is 14.9. The van der Waals surface area contributed by atoms with Crippen LogP contribution in [0.3, 0.4) is 0 Å². The molecule has 0 aliphatic heterocycles. The lowest BCUT2D eigenvalue weighted by atomic mass is 9.74. The maximum atomic E-state index is 4.28. The largest absolute Gasteiger partial charge is 0.265 e. The highest BCUT2D eigenvalue weighted by Crippen LogP contribution is 2.56. The van der Waals surface area contributed by atoms with Gasteiger partial charge in [-0.25, -0.2) is 0 Å². The summed E-state index contributed by atoms with van der Waals surface area (Å²) in [6, 6.07) is 72.3. The lowest BCUT2D eigenvalue weighted by molar-refractivity contribution is 1.33. The van der Waals surface area contributed by atoms with Crippen molar-refractivity contribution in [3.63, 3.8) is 0 Å². The van der Waals surface area contributed by atoms with Crippen molar-refractivity contribution in [1.29, 1.82) is 0 Å². The Hall–Kier alpha value is -8.01. The van der Waals surface area contributed by atoms with Gasteiger partial charge in [-0.15, -0.1) is 0 Å². The Labute approximate surface area is 351 Å². The van der Waals surface area contributed by atoms with Gasteiger partial charge in [-0.2, -0.15) is 0 Å². The first-order valence-electron chi connectivity index (χ1n) is 20.2. The van der Waals surface area contributed by atoms with Crippen LogP contribution in [0, 0.1) is 0 Å². The van der Waals surface area contributed by atoms with Crippen molar-refractivity contribution in [2.75, 3.05) is 0 Å². The minimum Gasteiger partial charge on any atom is -0.265 e. The van der Waals surface area contributed by atoms with Crippen LogP contribution in [0.1, 0.15) is 0 Å². The Morgan fingerprint density at radius 2 is 0.317 bits per heavy atom. The van der Waals surface area contributed by atoms with E-state index in [9.17, 15) is 0 Å². The Bertz CT molecular complexity index is 2840. The van der Waals surface area contributed by atoms with Gasteiger partial charge < -0.3 is 0 Å². The number of hydrogen-bond acceptors (Lipinski definition) is 3. The van der Waals surface area contributed by atoms with Crippen LogP contribution in [0.2, 0.25) is 0 Å². The molecule has 60 heavy (non-hydrogen) atoms. The third-order valence-corrected chi connectivity index (χ3v) is 11.2. The second-order valence-corrected chi connectivity index (χ2v) is 14.8. The van der Waals surface area contributed by atoms with Crippen LogP contribution in [0.15, 0.2) is 237 Å². The SMILES string of the molecule is c1ccc(-c2c(-c3ccccc3)c(-c3ccc(-c4ccncc4)cc3)c(-c3ccc(-c4ccncc4)cc3)c(-c3ccc(-c4ccncc4)cc3)c2-c2ccccc2)cc1. The van der Waals surface area contributed by atoms with E-state index in [1.807, 2.05) is 37.2 Å². The minimum atomic E-state index is 1.13. The third-order valence-electron chi connectivity index (χ3n) is 11.2. The average Bonchev–Trinajstić information content (AvgIpc) is 3.35. The standard InChI is InChI=1S/C57H39N3/c1-4-10-46(11-5-1)52-53(47-12-6-2-7-13-47)55(49-22-16-40(17-23-49)43-28-34-58-35-29-43)57(51-26-20-42(21-27-51)45-32-38-60-39-33-45)56(54(52)48-14-8-3-9-15-48)50-24-18-41(19-25-50)44-30-36-59-37-31-44/h1-39H. The molecule has 0 saturated carbocycles. The van der Waals surface area contributed by atoms with Gasteiger partial charge >= 0.3 is 0 Å². The lowest BCUT2D eigenvalue weighted by Crippen LogP contribution is -2.02. The molecule has 0 N–H and O–H groups in total. The van der Waals surface area contributed by atoms with Gasteiger partial charge in [0.2, 0.25) is 0 Å². The lowest BCUT2D eigenvalue weighted by Gasteiger charge is -2.29. The average molecular weight is 766 g/mol. The van der Waals surface area contributed by atoms with Crippen molar-refractivity contribution < 1.29 is 0 Å². The third kappa shape index (κ3) is 7.10. The van der Waals surface area contributed by atoms with Crippen molar-refractivity contribution in [3.8, 4) is 100 Å². The number of pyridine rings is 3. The van der Waals surface area contributed by atoms with E-state index < -0.39 is 0 Å². The molecule has 0 fully saturated rings. The monoisotopic (exact) mass is 765 g/mol. The van der Waals surface area contributed by atoms with Gasteiger partial charge in [0.25, 0.3) is 0 Å². The van der Waals surface area contributed by atoms with Gasteiger partial charge in [0.15, 0.2) is 0 Å². The van der Waals surface area contributed by atoms with Gasteiger partial charge in [-0.05, 0) is 137 Å². The summed E-state index contributed by atoms with van der Waals surface area (Å²) in [5, 5.41) is 0. The molecule has 10 aromatic rings. The highest BCUT2D eigenvalue weighted by Gasteiger charge is 2.29. The van der Waals surface area contributed by atoms with E-state index in [2.05, 4.69) is 215 Å². The molecule has 10 rings (SSSR count). The van der Waals surface area contributed by atoms with Crippen molar-refractivity contribution in [1.82, 2.24) is 15.0 Å². The molecule has 3 heteroatoms. The quantitative estimate of drug-likeness (QED) is 0.147. The van der Waals surface area contributed by atoms with E-state index in [0.29, 0.717) is 0 Å². The molecular weight excluding hydrogens is 727 g/mol. The minimum absolute atomic E-state index is 1.13. The first-order chi connectivity index (χ1) is 29.8. The molecule has 7 aromatic carbocycles. The van der Waals surface area contributed by atoms with E-state index in [1.165, 1.54) is 33.4 Å². The predicted molar refractivity (Wildman–Crippen MR) is 249 cm³/mol. The fourth-order valence-corrected chi connectivity index (χ4v) is 8.42. The van der Waals surface area contributed by atoms with Crippen LogP contribution >= 0.6 is 0 Å². The van der Waals surface area contributed by atoms with Crippen molar-refractivity contribution >= 4 is 0 Å². The highest BCUT2D eigenvalue weighted by atomic mass is 14.6. The first-order valence-corrected chi connectivity index (χ1v) is 20.2. The second-order valence-electron chi connectivity index (χ2n) is 14.8. The van der Waals surface area contributed by atoms with E-state index >= 15 is 0 Å². The first kappa shape index (κ1) is 36.3. The molecule has 3 nitrogen and oxygen atoms in total. The van der Waals surface area contributed by atoms with Crippen LogP contribution < -0.4 is 0 Å². The van der Waals surface area contributed by atoms with Gasteiger partial charge in [0.1, 0.15) is 0 Å². The topological polar surface area (TPSA) is 38.7 Å². The summed E-state index contributed by atoms with van der Waals surface area (Å²) in [6.07, 6.45) is 11.1. The molecule has 0 saturated heterocycles. The highest BCUT2D eigenvalue weighted by molar-refractivity contribution is 6.15. The van der Waals surface area contributed by atoms with E-state index in [1.54, 1.807) is 0 Å². The van der Waals surface area contributed by atoms with Crippen LogP contribution in [0.25, 0.3) is 100 Å². The van der Waals surface area contributed by atoms with Crippen LogP contribution in [-0.2, 0) is 0 Å². The number of hydrogen-bond donors (Lipinski definition) is 0. The van der Waals surface area contributed by atoms with Crippen molar-refractivity contribution in [2.24, 2.45) is 0 Å². The molecule has 0 aliphatic carbocycles. The number of nitrogens with zero attached hydrogens (tertiary/aromatic N) is 3. The summed E-state index contributed by atoms with van der Waals surface area (Å²) in [5.74, 6) is 0. The normalized spacial score (nSPS) is 11.0. The number of benzene rings is 7. The van der Waals surface area contributed by atoms with Gasteiger partial charge in [-0.1, -0.05) is 164 Å². The Kier molecular flexibility index (Phi) is 9.97. The molecule has 0 atom stereocenters. The fraction of sp³-hybridized carbons (Fsp3) is 0. The van der Waals surface area contributed by atoms with E-state index in [0.717, 1.165) is 66.8 Å². The molecule has 3 heterocycles. The zero-order chi connectivity index (χ0) is 40.1. The summed E-state index contributed by atoms with van der Waals surface area (Å²) < 4.78 is 0. The molecule has 0 aliphatic rings. The summed E-state index contributed by atoms with van der Waals surface area (Å²) in [6.45, 7) is 0. The summed E-state index contributed by atoms with van der Waals surface area (Å²) in [4.78, 5) is 12.8. The van der Waals surface area contributed by atoms with E-state index in [4.69, 9.17) is 0 Å². The summed E-state index contributed by atoms with van der Waals surface area (Å²) in [5.41, 5.74) is 20.7. The van der Waals surface area contributed by atoms with Crippen molar-refractivity contribution in [3.05, 3.63) is 237 Å². The number of rotatable bonds is 9. The molecule has 0 bridgehead atoms. The summed E-state index contributed by atoms with van der Waals surface area (Å²) in [7, 11) is 0. The van der Waals surface area contributed by atoms with Crippen LogP contribution in [0.5, 0.6) is 0 Å². The zero-order valence-corrected chi connectivity index (χ0v) is 32.9. The molecule has 0 unspecified atom stereocenters. The smallest absolute Gasteiger partial charge is 0.0273 e. The van der Waals surface area contributed by atoms with E-state index in [-0.39, 0.29) is 0 Å². The maximum absolute atomic E-state index is 4.28. The fourth-order valence-electron chi connectivity index (χ4n) is 8.42. The molecular formula is C57H39N3. The van der Waals surface area contributed by atoms with Gasteiger partial charge in [-0.3, -0.25) is 15.0 Å². The Morgan fingerprint density at radius 3 is 0.533 bits per heavy atom.